The fourth-order valence-corrected chi connectivity index (χ4v) is 4.30. The van der Waals surface area contributed by atoms with E-state index in [0.29, 0.717) is 36.2 Å². The molecule has 184 valence electrons. The number of rotatable bonds is 8. The number of amides is 3. The summed E-state index contributed by atoms with van der Waals surface area (Å²) < 4.78 is 0. The van der Waals surface area contributed by atoms with Gasteiger partial charge in [0.15, 0.2) is 0 Å². The van der Waals surface area contributed by atoms with Crippen molar-refractivity contribution < 1.29 is 14.4 Å². The molecule has 1 aliphatic heterocycles. The van der Waals surface area contributed by atoms with Crippen molar-refractivity contribution in [1.82, 2.24) is 15.2 Å². The van der Waals surface area contributed by atoms with Crippen LogP contribution in [0.5, 0.6) is 0 Å². The standard InChI is InChI=1S/C29H30N4O3/c1-2-10-26(34)31-24-15-8-13-22(19-24)28(35)32-27(21-11-4-3-5-12-21)29(36)33-18-7-6-16-25(33)23-14-9-17-30-20-23/h3-9,11-15,17,19-20,25,27H,2,10,16,18H2,1H3,(H,31,34)(H,32,35)/t25-,27+/m1/s1. The normalized spacial score (nSPS) is 15.7. The molecule has 3 amide bonds. The van der Waals surface area contributed by atoms with Gasteiger partial charge in [-0.3, -0.25) is 19.4 Å². The highest BCUT2D eigenvalue weighted by Crippen LogP contribution is 2.30. The zero-order chi connectivity index (χ0) is 25.3. The Hall–Kier alpha value is -4.26. The Kier molecular flexibility index (Phi) is 8.24. The van der Waals surface area contributed by atoms with Crippen molar-refractivity contribution in [2.24, 2.45) is 0 Å². The van der Waals surface area contributed by atoms with Crippen molar-refractivity contribution in [1.29, 1.82) is 0 Å². The van der Waals surface area contributed by atoms with Crippen LogP contribution in [-0.2, 0) is 9.59 Å². The lowest BCUT2D eigenvalue weighted by Crippen LogP contribution is -2.45. The van der Waals surface area contributed by atoms with Gasteiger partial charge < -0.3 is 15.5 Å². The number of aromatic nitrogens is 1. The fraction of sp³-hybridized carbons (Fsp3) is 0.241. The van der Waals surface area contributed by atoms with E-state index >= 15 is 0 Å². The molecule has 4 rings (SSSR count). The van der Waals surface area contributed by atoms with Crippen molar-refractivity contribution in [3.63, 3.8) is 0 Å². The number of carbonyl (C=O) groups excluding carboxylic acids is 3. The molecule has 2 heterocycles. The molecule has 0 radical (unpaired) electrons. The van der Waals surface area contributed by atoms with Gasteiger partial charge in [-0.2, -0.15) is 0 Å². The van der Waals surface area contributed by atoms with Gasteiger partial charge in [0.2, 0.25) is 5.91 Å². The van der Waals surface area contributed by atoms with Crippen LogP contribution in [0.2, 0.25) is 0 Å². The molecule has 0 saturated carbocycles. The molecule has 7 heteroatoms. The second kappa shape index (κ2) is 11.9. The third-order valence-electron chi connectivity index (χ3n) is 6.10. The van der Waals surface area contributed by atoms with Gasteiger partial charge in [0, 0.05) is 36.6 Å². The van der Waals surface area contributed by atoms with E-state index < -0.39 is 11.9 Å². The van der Waals surface area contributed by atoms with Crippen LogP contribution in [0.15, 0.2) is 91.3 Å². The summed E-state index contributed by atoms with van der Waals surface area (Å²) in [4.78, 5) is 45.3. The Bertz CT molecular complexity index is 1230. The number of nitrogens with zero attached hydrogens (tertiary/aromatic N) is 2. The molecular formula is C29H30N4O3. The van der Waals surface area contributed by atoms with E-state index in [1.807, 2.05) is 55.5 Å². The number of pyridine rings is 1. The van der Waals surface area contributed by atoms with Gasteiger partial charge >= 0.3 is 0 Å². The van der Waals surface area contributed by atoms with Crippen molar-refractivity contribution in [3.8, 4) is 0 Å². The zero-order valence-electron chi connectivity index (χ0n) is 20.3. The summed E-state index contributed by atoms with van der Waals surface area (Å²) in [6.07, 6.45) is 9.33. The molecule has 3 aromatic rings. The molecule has 36 heavy (non-hydrogen) atoms. The largest absolute Gasteiger partial charge is 0.336 e. The van der Waals surface area contributed by atoms with E-state index in [1.165, 1.54) is 0 Å². The van der Waals surface area contributed by atoms with Gasteiger partial charge in [-0.15, -0.1) is 0 Å². The van der Waals surface area contributed by atoms with Crippen LogP contribution in [0.25, 0.3) is 0 Å². The average Bonchev–Trinajstić information content (AvgIpc) is 2.92. The molecule has 7 nitrogen and oxygen atoms in total. The van der Waals surface area contributed by atoms with Gasteiger partial charge in [0.1, 0.15) is 6.04 Å². The molecule has 1 aromatic heterocycles. The van der Waals surface area contributed by atoms with Crippen LogP contribution in [0, 0.1) is 0 Å². The number of benzene rings is 2. The minimum absolute atomic E-state index is 0.105. The summed E-state index contributed by atoms with van der Waals surface area (Å²) in [7, 11) is 0. The molecule has 1 aliphatic rings. The quantitative estimate of drug-likeness (QED) is 0.450. The Labute approximate surface area is 211 Å². The predicted molar refractivity (Wildman–Crippen MR) is 139 cm³/mol. The van der Waals surface area contributed by atoms with E-state index in [9.17, 15) is 14.4 Å². The van der Waals surface area contributed by atoms with Crippen LogP contribution >= 0.6 is 0 Å². The predicted octanol–water partition coefficient (Wildman–Crippen LogP) is 4.82. The first-order valence-electron chi connectivity index (χ1n) is 12.2. The van der Waals surface area contributed by atoms with Crippen molar-refractivity contribution in [2.75, 3.05) is 11.9 Å². The highest BCUT2D eigenvalue weighted by Gasteiger charge is 2.33. The maximum absolute atomic E-state index is 13.9. The number of hydrogen-bond donors (Lipinski definition) is 2. The van der Waals surface area contributed by atoms with Gasteiger partial charge in [-0.05, 0) is 48.2 Å². The molecule has 0 bridgehead atoms. The van der Waals surface area contributed by atoms with Crippen molar-refractivity contribution >= 4 is 23.4 Å². The smallest absolute Gasteiger partial charge is 0.252 e. The highest BCUT2D eigenvalue weighted by molar-refractivity contribution is 5.99. The number of nitrogens with one attached hydrogen (secondary N) is 2. The molecule has 0 spiro atoms. The number of carbonyl (C=O) groups is 3. The van der Waals surface area contributed by atoms with Gasteiger partial charge in [0.05, 0.1) is 6.04 Å². The molecule has 0 unspecified atom stereocenters. The molecule has 2 aromatic carbocycles. The van der Waals surface area contributed by atoms with Gasteiger partial charge in [0.25, 0.3) is 11.8 Å². The summed E-state index contributed by atoms with van der Waals surface area (Å²) in [5.74, 6) is -0.693. The summed E-state index contributed by atoms with van der Waals surface area (Å²) in [5.41, 5.74) is 2.55. The third kappa shape index (κ3) is 6.05. The first kappa shape index (κ1) is 24.9. The minimum Gasteiger partial charge on any atom is -0.336 e. The van der Waals surface area contributed by atoms with Crippen LogP contribution in [0.3, 0.4) is 0 Å². The SMILES string of the molecule is CCCC(=O)Nc1cccc(C(=O)N[C@H](C(=O)N2CC=CC[C@@H]2c2cccnc2)c2ccccc2)c1. The second-order valence-corrected chi connectivity index (χ2v) is 8.70. The van der Waals surface area contributed by atoms with E-state index in [4.69, 9.17) is 0 Å². The van der Waals surface area contributed by atoms with E-state index in [1.54, 1.807) is 41.6 Å². The first-order valence-corrected chi connectivity index (χ1v) is 12.2. The van der Waals surface area contributed by atoms with Crippen LogP contribution < -0.4 is 10.6 Å². The molecule has 0 fully saturated rings. The molecule has 0 aliphatic carbocycles. The molecule has 2 N–H and O–H groups in total. The number of anilines is 1. The maximum atomic E-state index is 13.9. The first-order chi connectivity index (χ1) is 17.6. The summed E-state index contributed by atoms with van der Waals surface area (Å²) in [5, 5.41) is 5.76. The Morgan fingerprint density at radius 1 is 1.03 bits per heavy atom. The fourth-order valence-electron chi connectivity index (χ4n) is 4.30. The topological polar surface area (TPSA) is 91.4 Å². The Morgan fingerprint density at radius 2 is 1.86 bits per heavy atom. The molecule has 2 atom stereocenters. The van der Waals surface area contributed by atoms with Crippen LogP contribution in [-0.4, -0.2) is 34.2 Å². The summed E-state index contributed by atoms with van der Waals surface area (Å²) in [6, 6.07) is 18.8. The summed E-state index contributed by atoms with van der Waals surface area (Å²) in [6.45, 7) is 2.37. The lowest BCUT2D eigenvalue weighted by molar-refractivity contribution is -0.135. The van der Waals surface area contributed by atoms with Gasteiger partial charge in [-0.1, -0.05) is 61.5 Å². The average molecular weight is 483 g/mol. The third-order valence-corrected chi connectivity index (χ3v) is 6.10. The molecular weight excluding hydrogens is 452 g/mol. The monoisotopic (exact) mass is 482 g/mol. The second-order valence-electron chi connectivity index (χ2n) is 8.70. The molecule has 0 saturated heterocycles. The highest BCUT2D eigenvalue weighted by atomic mass is 16.2. The lowest BCUT2D eigenvalue weighted by atomic mass is 9.97. The van der Waals surface area contributed by atoms with E-state index in [0.717, 1.165) is 12.0 Å². The summed E-state index contributed by atoms with van der Waals surface area (Å²) >= 11 is 0. The van der Waals surface area contributed by atoms with Crippen LogP contribution in [0.1, 0.15) is 59.8 Å². The van der Waals surface area contributed by atoms with Crippen molar-refractivity contribution in [2.45, 2.75) is 38.3 Å². The lowest BCUT2D eigenvalue weighted by Gasteiger charge is -2.36. The minimum atomic E-state index is -0.872. The van der Waals surface area contributed by atoms with E-state index in [2.05, 4.69) is 21.7 Å². The Balaban J connectivity index is 1.59. The van der Waals surface area contributed by atoms with Gasteiger partial charge in [-0.25, -0.2) is 0 Å². The Morgan fingerprint density at radius 3 is 2.61 bits per heavy atom. The zero-order valence-corrected chi connectivity index (χ0v) is 20.3. The van der Waals surface area contributed by atoms with Crippen LogP contribution in [0.4, 0.5) is 5.69 Å². The number of hydrogen-bond acceptors (Lipinski definition) is 4. The van der Waals surface area contributed by atoms with E-state index in [-0.39, 0.29) is 17.9 Å². The van der Waals surface area contributed by atoms with Crippen molar-refractivity contribution in [3.05, 3.63) is 108 Å². The maximum Gasteiger partial charge on any atom is 0.252 e.